The molecule has 1 aliphatic heterocycles. The summed E-state index contributed by atoms with van der Waals surface area (Å²) in [4.78, 5) is 0. The van der Waals surface area contributed by atoms with Crippen molar-refractivity contribution in [2.75, 3.05) is 13.6 Å². The van der Waals surface area contributed by atoms with Crippen molar-refractivity contribution in [3.05, 3.63) is 0 Å². The van der Waals surface area contributed by atoms with Gasteiger partial charge in [0.15, 0.2) is 0 Å². The fraction of sp³-hybridized carbons (Fsp3) is 1.00. The molecule has 1 heterocycles. The van der Waals surface area contributed by atoms with Gasteiger partial charge in [0.1, 0.15) is 13.6 Å². The van der Waals surface area contributed by atoms with Gasteiger partial charge in [0.05, 0.1) is 0 Å². The number of ether oxygens (including phenoxy) is 1. The van der Waals surface area contributed by atoms with Gasteiger partial charge in [0.25, 0.3) is 0 Å². The molecule has 0 unspecified atom stereocenters. The van der Waals surface area contributed by atoms with Crippen LogP contribution in [0.15, 0.2) is 0 Å². The molecule has 7 heavy (non-hydrogen) atoms. The van der Waals surface area contributed by atoms with E-state index >= 15 is 0 Å². The van der Waals surface area contributed by atoms with Crippen LogP contribution in [0.2, 0.25) is 6.55 Å². The Hall–Kier alpha value is 0.0969. The first-order valence-corrected chi connectivity index (χ1v) is 4.30. The average Bonchev–Trinajstić information content (AvgIpc) is 1.69. The molecule has 1 rings (SSSR count). The van der Waals surface area contributed by atoms with Crippen LogP contribution in [-0.4, -0.2) is 22.9 Å². The van der Waals surface area contributed by atoms with Crippen molar-refractivity contribution >= 4 is 9.28 Å². The lowest BCUT2D eigenvalue weighted by Gasteiger charge is -2.17. The SMILES string of the molecule is C[SiH]1OCOCO1. The molecule has 0 saturated carbocycles. The van der Waals surface area contributed by atoms with Crippen molar-refractivity contribution in [2.24, 2.45) is 0 Å². The smallest absolute Gasteiger partial charge is 0.321 e. The fourth-order valence-corrected chi connectivity index (χ4v) is 1.04. The van der Waals surface area contributed by atoms with Gasteiger partial charge in [-0.05, 0) is 6.55 Å². The Balaban J connectivity index is 2.12. The second kappa shape index (κ2) is 2.42. The summed E-state index contributed by atoms with van der Waals surface area (Å²) in [5, 5.41) is 0. The standard InChI is InChI=1S/C3H8O3Si/c1-7-5-2-4-3-6-7/h7H,2-3H2,1H3. The zero-order valence-corrected chi connectivity index (χ0v) is 5.37. The van der Waals surface area contributed by atoms with E-state index in [0.29, 0.717) is 13.6 Å². The highest BCUT2D eigenvalue weighted by Crippen LogP contribution is 1.95. The van der Waals surface area contributed by atoms with Crippen LogP contribution in [0.1, 0.15) is 0 Å². The van der Waals surface area contributed by atoms with Crippen LogP contribution in [-0.2, 0) is 13.6 Å². The molecule has 0 bridgehead atoms. The lowest BCUT2D eigenvalue weighted by molar-refractivity contribution is -0.112. The Kier molecular flexibility index (Phi) is 1.81. The van der Waals surface area contributed by atoms with Crippen molar-refractivity contribution in [3.63, 3.8) is 0 Å². The van der Waals surface area contributed by atoms with E-state index in [1.807, 2.05) is 6.55 Å². The second-order valence-electron chi connectivity index (χ2n) is 1.34. The van der Waals surface area contributed by atoms with Gasteiger partial charge in [-0.2, -0.15) is 0 Å². The summed E-state index contributed by atoms with van der Waals surface area (Å²) in [6, 6.07) is 0. The summed E-state index contributed by atoms with van der Waals surface area (Å²) in [7, 11) is -1.22. The Morgan fingerprint density at radius 1 is 1.29 bits per heavy atom. The third-order valence-electron chi connectivity index (χ3n) is 0.772. The Labute approximate surface area is 44.0 Å². The third kappa shape index (κ3) is 1.56. The van der Waals surface area contributed by atoms with Gasteiger partial charge in [-0.1, -0.05) is 0 Å². The largest absolute Gasteiger partial charge is 0.372 e. The predicted molar refractivity (Wildman–Crippen MR) is 26.0 cm³/mol. The van der Waals surface area contributed by atoms with Crippen molar-refractivity contribution in [3.8, 4) is 0 Å². The highest BCUT2D eigenvalue weighted by molar-refractivity contribution is 6.42. The maximum atomic E-state index is 4.97. The van der Waals surface area contributed by atoms with Crippen molar-refractivity contribution in [1.29, 1.82) is 0 Å². The van der Waals surface area contributed by atoms with Crippen LogP contribution < -0.4 is 0 Å². The molecule has 0 spiro atoms. The molecular weight excluding hydrogens is 112 g/mol. The molecule has 3 nitrogen and oxygen atoms in total. The molecule has 0 aromatic heterocycles. The minimum absolute atomic E-state index is 0.424. The van der Waals surface area contributed by atoms with Crippen LogP contribution in [0.5, 0.6) is 0 Å². The topological polar surface area (TPSA) is 27.7 Å². The van der Waals surface area contributed by atoms with Gasteiger partial charge in [-0.3, -0.25) is 0 Å². The molecule has 0 atom stereocenters. The average molecular weight is 120 g/mol. The number of hydrogen-bond acceptors (Lipinski definition) is 3. The molecule has 4 heteroatoms. The van der Waals surface area contributed by atoms with E-state index in [1.54, 1.807) is 0 Å². The summed E-state index contributed by atoms with van der Waals surface area (Å²) in [6.07, 6.45) is 0. The normalized spacial score (nSPS) is 25.3. The van der Waals surface area contributed by atoms with E-state index in [-0.39, 0.29) is 0 Å². The van der Waals surface area contributed by atoms with Gasteiger partial charge in [0, 0.05) is 0 Å². The Morgan fingerprint density at radius 3 is 2.14 bits per heavy atom. The monoisotopic (exact) mass is 120 g/mol. The fourth-order valence-electron chi connectivity index (χ4n) is 0.370. The van der Waals surface area contributed by atoms with E-state index in [0.717, 1.165) is 0 Å². The summed E-state index contributed by atoms with van der Waals surface area (Å²) in [5.74, 6) is 0. The number of hydrogen-bond donors (Lipinski definition) is 0. The second-order valence-corrected chi connectivity index (χ2v) is 3.14. The lowest BCUT2D eigenvalue weighted by atomic mass is 11.4. The van der Waals surface area contributed by atoms with E-state index in [2.05, 4.69) is 0 Å². The Bertz CT molecular complexity index is 52.1. The zero-order valence-electron chi connectivity index (χ0n) is 4.22. The summed E-state index contributed by atoms with van der Waals surface area (Å²) >= 11 is 0. The molecular formula is C3H8O3Si. The molecule has 0 aromatic carbocycles. The van der Waals surface area contributed by atoms with Crippen LogP contribution in [0, 0.1) is 0 Å². The first-order valence-electron chi connectivity index (χ1n) is 2.20. The first kappa shape index (κ1) is 5.24. The van der Waals surface area contributed by atoms with Gasteiger partial charge < -0.3 is 13.6 Å². The van der Waals surface area contributed by atoms with Crippen LogP contribution in [0.4, 0.5) is 0 Å². The van der Waals surface area contributed by atoms with E-state index < -0.39 is 9.28 Å². The lowest BCUT2D eigenvalue weighted by Crippen LogP contribution is -2.27. The van der Waals surface area contributed by atoms with E-state index in [4.69, 9.17) is 13.6 Å². The Morgan fingerprint density at radius 2 is 1.86 bits per heavy atom. The van der Waals surface area contributed by atoms with Crippen LogP contribution in [0.3, 0.4) is 0 Å². The molecule has 1 aliphatic rings. The van der Waals surface area contributed by atoms with Gasteiger partial charge in [-0.25, -0.2) is 0 Å². The molecule has 1 fully saturated rings. The third-order valence-corrected chi connectivity index (χ3v) is 1.98. The van der Waals surface area contributed by atoms with Crippen molar-refractivity contribution < 1.29 is 13.6 Å². The van der Waals surface area contributed by atoms with Crippen molar-refractivity contribution in [1.82, 2.24) is 0 Å². The molecule has 1 saturated heterocycles. The molecule has 42 valence electrons. The van der Waals surface area contributed by atoms with Gasteiger partial charge >= 0.3 is 9.28 Å². The van der Waals surface area contributed by atoms with E-state index in [9.17, 15) is 0 Å². The van der Waals surface area contributed by atoms with Gasteiger partial charge in [-0.15, -0.1) is 0 Å². The predicted octanol–water partition coefficient (Wildman–Crippen LogP) is -0.185. The maximum absolute atomic E-state index is 4.97. The summed E-state index contributed by atoms with van der Waals surface area (Å²) < 4.78 is 14.7. The summed E-state index contributed by atoms with van der Waals surface area (Å²) in [6.45, 7) is 2.82. The molecule has 0 N–H and O–H groups in total. The molecule has 0 radical (unpaired) electrons. The number of rotatable bonds is 0. The van der Waals surface area contributed by atoms with Crippen LogP contribution >= 0.6 is 0 Å². The van der Waals surface area contributed by atoms with Crippen LogP contribution in [0.25, 0.3) is 0 Å². The van der Waals surface area contributed by atoms with Gasteiger partial charge in [0.2, 0.25) is 0 Å². The van der Waals surface area contributed by atoms with Crippen molar-refractivity contribution in [2.45, 2.75) is 6.55 Å². The molecule has 0 aromatic rings. The summed E-state index contributed by atoms with van der Waals surface area (Å²) in [5.41, 5.74) is 0. The highest BCUT2D eigenvalue weighted by Gasteiger charge is 2.09. The first-order chi connectivity index (χ1) is 3.39. The minimum atomic E-state index is -1.22. The highest BCUT2D eigenvalue weighted by atomic mass is 28.3. The zero-order chi connectivity index (χ0) is 5.11. The maximum Gasteiger partial charge on any atom is 0.321 e. The van der Waals surface area contributed by atoms with E-state index in [1.165, 1.54) is 0 Å². The minimum Gasteiger partial charge on any atom is -0.372 e. The molecule has 0 amide bonds. The quantitative estimate of drug-likeness (QED) is 0.415. The molecule has 0 aliphatic carbocycles.